The molecule has 17 heavy (non-hydrogen) atoms. The summed E-state index contributed by atoms with van der Waals surface area (Å²) in [5.41, 5.74) is 4.80. The maximum absolute atomic E-state index is 11.8. The van der Waals surface area contributed by atoms with E-state index in [2.05, 4.69) is 10.5 Å². The lowest BCUT2D eigenvalue weighted by Crippen LogP contribution is -2.31. The molecule has 0 saturated carbocycles. The number of carbonyl (C=O) groups is 1. The number of hydrogen-bond acceptors (Lipinski definition) is 4. The van der Waals surface area contributed by atoms with E-state index in [0.717, 1.165) is 11.3 Å². The van der Waals surface area contributed by atoms with Crippen LogP contribution in [0.2, 0.25) is 0 Å². The van der Waals surface area contributed by atoms with E-state index in [-0.39, 0.29) is 5.97 Å². The molecule has 2 rings (SSSR count). The van der Waals surface area contributed by atoms with Crippen LogP contribution in [0.1, 0.15) is 26.3 Å². The molecule has 1 aliphatic heterocycles. The van der Waals surface area contributed by atoms with Crippen LogP contribution in [0.3, 0.4) is 0 Å². The average molecular weight is 232 g/mol. The summed E-state index contributed by atoms with van der Waals surface area (Å²) in [5.74, 6) is -0.362. The first-order valence-electron chi connectivity index (χ1n) is 5.59. The minimum Gasteiger partial charge on any atom is -0.455 e. The van der Waals surface area contributed by atoms with E-state index in [0.29, 0.717) is 12.1 Å². The Bertz CT molecular complexity index is 473. The maximum atomic E-state index is 11.8. The van der Waals surface area contributed by atoms with Crippen molar-refractivity contribution in [2.75, 3.05) is 5.43 Å². The molecule has 1 heterocycles. The van der Waals surface area contributed by atoms with E-state index in [9.17, 15) is 4.79 Å². The SMILES string of the molecule is CC(C)(C)OC(=O)C1=NNc2ccccc2C1. The van der Waals surface area contributed by atoms with Gasteiger partial charge in [0, 0.05) is 6.42 Å². The molecule has 0 aliphatic carbocycles. The first-order valence-corrected chi connectivity index (χ1v) is 5.59. The van der Waals surface area contributed by atoms with E-state index in [4.69, 9.17) is 4.74 Å². The van der Waals surface area contributed by atoms with Crippen LogP contribution in [0, 0.1) is 0 Å². The summed E-state index contributed by atoms with van der Waals surface area (Å²) in [5, 5.41) is 4.05. The van der Waals surface area contributed by atoms with E-state index < -0.39 is 5.60 Å². The van der Waals surface area contributed by atoms with Gasteiger partial charge in [0.2, 0.25) is 0 Å². The maximum Gasteiger partial charge on any atom is 0.355 e. The van der Waals surface area contributed by atoms with Gasteiger partial charge in [0.15, 0.2) is 0 Å². The zero-order valence-electron chi connectivity index (χ0n) is 10.3. The highest BCUT2D eigenvalue weighted by Gasteiger charge is 2.24. The highest BCUT2D eigenvalue weighted by molar-refractivity contribution is 6.37. The van der Waals surface area contributed by atoms with Crippen LogP contribution in [0.5, 0.6) is 0 Å². The fourth-order valence-corrected chi connectivity index (χ4v) is 1.59. The molecule has 90 valence electrons. The number of fused-ring (bicyclic) bond motifs is 1. The van der Waals surface area contributed by atoms with Crippen LogP contribution in [-0.4, -0.2) is 17.3 Å². The summed E-state index contributed by atoms with van der Waals surface area (Å²) in [7, 11) is 0. The lowest BCUT2D eigenvalue weighted by atomic mass is 10.0. The van der Waals surface area contributed by atoms with Crippen molar-refractivity contribution in [2.24, 2.45) is 5.10 Å². The second-order valence-corrected chi connectivity index (χ2v) is 5.01. The second-order valence-electron chi connectivity index (χ2n) is 5.01. The highest BCUT2D eigenvalue weighted by atomic mass is 16.6. The zero-order chi connectivity index (χ0) is 12.5. The molecule has 1 aliphatic rings. The first-order chi connectivity index (χ1) is 7.96. The van der Waals surface area contributed by atoms with Gasteiger partial charge >= 0.3 is 5.97 Å². The summed E-state index contributed by atoms with van der Waals surface area (Å²) < 4.78 is 5.28. The van der Waals surface area contributed by atoms with Crippen LogP contribution in [0.25, 0.3) is 0 Å². The van der Waals surface area contributed by atoms with Gasteiger partial charge in [0.05, 0.1) is 5.69 Å². The van der Waals surface area contributed by atoms with Gasteiger partial charge in [-0.2, -0.15) is 5.10 Å². The number of anilines is 1. The van der Waals surface area contributed by atoms with Crippen molar-refractivity contribution in [1.82, 2.24) is 0 Å². The van der Waals surface area contributed by atoms with E-state index in [1.165, 1.54) is 0 Å². The predicted octanol–water partition coefficient (Wildman–Crippen LogP) is 2.35. The van der Waals surface area contributed by atoms with Gasteiger partial charge in [-0.05, 0) is 32.4 Å². The molecule has 0 unspecified atom stereocenters. The normalized spacial score (nSPS) is 14.4. The van der Waals surface area contributed by atoms with Gasteiger partial charge in [-0.25, -0.2) is 4.79 Å². The van der Waals surface area contributed by atoms with Gasteiger partial charge in [-0.3, -0.25) is 5.43 Å². The first kappa shape index (κ1) is 11.6. The Balaban J connectivity index is 2.12. The van der Waals surface area contributed by atoms with Crippen LogP contribution in [0.15, 0.2) is 29.4 Å². The molecular formula is C13H16N2O2. The van der Waals surface area contributed by atoms with Crippen molar-refractivity contribution in [3.8, 4) is 0 Å². The molecule has 0 aromatic heterocycles. The minimum absolute atomic E-state index is 0.362. The van der Waals surface area contributed by atoms with Crippen molar-refractivity contribution in [1.29, 1.82) is 0 Å². The molecule has 1 aromatic carbocycles. The Kier molecular flexibility index (Phi) is 2.88. The molecule has 0 spiro atoms. The van der Waals surface area contributed by atoms with Crippen molar-refractivity contribution in [2.45, 2.75) is 32.8 Å². The Morgan fingerprint density at radius 2 is 2.06 bits per heavy atom. The molecule has 0 atom stereocenters. The van der Waals surface area contributed by atoms with Crippen LogP contribution >= 0.6 is 0 Å². The number of rotatable bonds is 1. The van der Waals surface area contributed by atoms with Gasteiger partial charge < -0.3 is 4.74 Å². The number of nitrogens with zero attached hydrogens (tertiary/aromatic N) is 1. The zero-order valence-corrected chi connectivity index (χ0v) is 10.3. The second kappa shape index (κ2) is 4.20. The van der Waals surface area contributed by atoms with Crippen LogP contribution in [0.4, 0.5) is 5.69 Å². The van der Waals surface area contributed by atoms with Gasteiger partial charge in [-0.15, -0.1) is 0 Å². The van der Waals surface area contributed by atoms with Crippen LogP contribution < -0.4 is 5.43 Å². The summed E-state index contributed by atoms with van der Waals surface area (Å²) in [6.45, 7) is 5.53. The summed E-state index contributed by atoms with van der Waals surface area (Å²) in [4.78, 5) is 11.8. The topological polar surface area (TPSA) is 50.7 Å². The van der Waals surface area contributed by atoms with Crippen molar-refractivity contribution < 1.29 is 9.53 Å². The molecule has 0 radical (unpaired) electrons. The number of esters is 1. The Morgan fingerprint density at radius 1 is 1.35 bits per heavy atom. The Labute approximate surface area is 101 Å². The standard InChI is InChI=1S/C13H16N2O2/c1-13(2,3)17-12(16)11-8-9-6-4-5-7-10(9)14-15-11/h4-7,14H,8H2,1-3H3. The van der Waals surface area contributed by atoms with E-state index in [1.807, 2.05) is 45.0 Å². The fraction of sp³-hybridized carbons (Fsp3) is 0.385. The fourth-order valence-electron chi connectivity index (χ4n) is 1.59. The number of para-hydroxylation sites is 1. The lowest BCUT2D eigenvalue weighted by molar-refractivity contribution is -0.146. The van der Waals surface area contributed by atoms with Gasteiger partial charge in [-0.1, -0.05) is 18.2 Å². The lowest BCUT2D eigenvalue weighted by Gasteiger charge is -2.22. The van der Waals surface area contributed by atoms with Gasteiger partial charge in [0.25, 0.3) is 0 Å². The van der Waals surface area contributed by atoms with E-state index in [1.54, 1.807) is 0 Å². The number of nitrogens with one attached hydrogen (secondary N) is 1. The molecule has 4 heteroatoms. The molecule has 0 saturated heterocycles. The number of ether oxygens (including phenoxy) is 1. The Morgan fingerprint density at radius 3 is 2.76 bits per heavy atom. The third-order valence-electron chi connectivity index (χ3n) is 2.32. The molecule has 0 bridgehead atoms. The third-order valence-corrected chi connectivity index (χ3v) is 2.32. The largest absolute Gasteiger partial charge is 0.455 e. The molecular weight excluding hydrogens is 216 g/mol. The monoisotopic (exact) mass is 232 g/mol. The average Bonchev–Trinajstić information content (AvgIpc) is 2.26. The smallest absolute Gasteiger partial charge is 0.355 e. The Hall–Kier alpha value is -1.84. The minimum atomic E-state index is -0.490. The summed E-state index contributed by atoms with van der Waals surface area (Å²) >= 11 is 0. The number of hydrogen-bond donors (Lipinski definition) is 1. The molecule has 1 N–H and O–H groups in total. The molecule has 0 amide bonds. The number of benzene rings is 1. The summed E-state index contributed by atoms with van der Waals surface area (Å²) in [6.07, 6.45) is 0.512. The van der Waals surface area contributed by atoms with Crippen LogP contribution in [-0.2, 0) is 16.0 Å². The quantitative estimate of drug-likeness (QED) is 0.756. The molecule has 4 nitrogen and oxygen atoms in total. The number of carbonyl (C=O) groups excluding carboxylic acids is 1. The van der Waals surface area contributed by atoms with Crippen molar-refractivity contribution in [3.05, 3.63) is 29.8 Å². The van der Waals surface area contributed by atoms with Crippen molar-refractivity contribution in [3.63, 3.8) is 0 Å². The summed E-state index contributed by atoms with van der Waals surface area (Å²) in [6, 6.07) is 7.78. The molecule has 1 aromatic rings. The molecule has 0 fully saturated rings. The number of hydrazone groups is 1. The predicted molar refractivity (Wildman–Crippen MR) is 67.0 cm³/mol. The van der Waals surface area contributed by atoms with E-state index >= 15 is 0 Å². The highest BCUT2D eigenvalue weighted by Crippen LogP contribution is 2.20. The third kappa shape index (κ3) is 2.84. The van der Waals surface area contributed by atoms with Gasteiger partial charge in [0.1, 0.15) is 11.3 Å². The van der Waals surface area contributed by atoms with Crippen molar-refractivity contribution >= 4 is 17.4 Å².